The minimum Gasteiger partial charge on any atom is -0.508 e. The highest BCUT2D eigenvalue weighted by molar-refractivity contribution is 5.78. The van der Waals surface area contributed by atoms with Gasteiger partial charge in [-0.3, -0.25) is 4.79 Å². The number of carbonyl (C=O) groups is 1. The molecule has 2 N–H and O–H groups in total. The van der Waals surface area contributed by atoms with Crippen molar-refractivity contribution in [1.82, 2.24) is 5.32 Å². The summed E-state index contributed by atoms with van der Waals surface area (Å²) >= 11 is 0. The van der Waals surface area contributed by atoms with E-state index in [9.17, 15) is 4.79 Å². The summed E-state index contributed by atoms with van der Waals surface area (Å²) in [6, 6.07) is 6.80. The molecule has 3 heteroatoms. The van der Waals surface area contributed by atoms with Gasteiger partial charge in [0.15, 0.2) is 0 Å². The molecular formula is C16H23NO2. The van der Waals surface area contributed by atoms with E-state index in [0.717, 1.165) is 24.4 Å². The highest BCUT2D eigenvalue weighted by Gasteiger charge is 2.14. The molecule has 1 aromatic rings. The summed E-state index contributed by atoms with van der Waals surface area (Å²) in [5, 5.41) is 12.1. The second kappa shape index (κ2) is 7.17. The van der Waals surface area contributed by atoms with Crippen LogP contribution in [0.3, 0.4) is 0 Å². The molecule has 1 fully saturated rings. The van der Waals surface area contributed by atoms with E-state index >= 15 is 0 Å². The van der Waals surface area contributed by atoms with Crippen LogP contribution in [-0.4, -0.2) is 17.6 Å². The molecule has 0 bridgehead atoms. The van der Waals surface area contributed by atoms with Crippen LogP contribution in [0, 0.1) is 5.92 Å². The van der Waals surface area contributed by atoms with Crippen LogP contribution in [0.4, 0.5) is 0 Å². The zero-order valence-corrected chi connectivity index (χ0v) is 11.4. The Morgan fingerprint density at radius 2 is 1.89 bits per heavy atom. The zero-order chi connectivity index (χ0) is 13.5. The Morgan fingerprint density at radius 3 is 2.58 bits per heavy atom. The van der Waals surface area contributed by atoms with Crippen LogP contribution in [0.2, 0.25) is 0 Å². The van der Waals surface area contributed by atoms with E-state index in [1.807, 2.05) is 0 Å². The smallest absolute Gasteiger partial charge is 0.224 e. The van der Waals surface area contributed by atoms with Crippen molar-refractivity contribution in [2.24, 2.45) is 5.92 Å². The fourth-order valence-electron chi connectivity index (χ4n) is 2.78. The fourth-order valence-corrected chi connectivity index (χ4v) is 2.78. The number of rotatable bonds is 6. The normalized spacial score (nSPS) is 15.6. The van der Waals surface area contributed by atoms with Crippen molar-refractivity contribution in [1.29, 1.82) is 0 Å². The molecular weight excluding hydrogens is 238 g/mol. The topological polar surface area (TPSA) is 49.3 Å². The van der Waals surface area contributed by atoms with Gasteiger partial charge in [-0.1, -0.05) is 37.8 Å². The Labute approximate surface area is 115 Å². The maximum absolute atomic E-state index is 11.7. The van der Waals surface area contributed by atoms with E-state index in [4.69, 9.17) is 5.11 Å². The molecule has 2 rings (SSSR count). The Kier molecular flexibility index (Phi) is 5.25. The highest BCUT2D eigenvalue weighted by Crippen LogP contribution is 2.28. The van der Waals surface area contributed by atoms with E-state index in [-0.39, 0.29) is 11.7 Å². The van der Waals surface area contributed by atoms with Gasteiger partial charge < -0.3 is 10.4 Å². The van der Waals surface area contributed by atoms with Gasteiger partial charge in [0.25, 0.3) is 0 Å². The average molecular weight is 261 g/mol. The molecule has 0 heterocycles. The van der Waals surface area contributed by atoms with Crippen LogP contribution in [-0.2, 0) is 11.2 Å². The van der Waals surface area contributed by atoms with Gasteiger partial charge in [0.2, 0.25) is 5.91 Å². The third kappa shape index (κ3) is 4.93. The molecule has 1 saturated carbocycles. The van der Waals surface area contributed by atoms with Gasteiger partial charge >= 0.3 is 0 Å². The maximum Gasteiger partial charge on any atom is 0.224 e. The standard InChI is InChI=1S/C16H23NO2/c18-15-9-7-14(8-10-15)12-16(19)17-11-3-6-13-4-1-2-5-13/h7-10,13,18H,1-6,11-12H2,(H,17,19). The van der Waals surface area contributed by atoms with Crippen LogP contribution in [0.15, 0.2) is 24.3 Å². The highest BCUT2D eigenvalue weighted by atomic mass is 16.3. The number of nitrogens with one attached hydrogen (secondary N) is 1. The largest absolute Gasteiger partial charge is 0.508 e. The number of carbonyl (C=O) groups excluding carboxylic acids is 1. The average Bonchev–Trinajstić information content (AvgIpc) is 2.91. The van der Waals surface area contributed by atoms with Gasteiger partial charge in [0.05, 0.1) is 6.42 Å². The Balaban J connectivity index is 1.60. The number of benzene rings is 1. The number of aromatic hydroxyl groups is 1. The molecule has 104 valence electrons. The maximum atomic E-state index is 11.7. The third-order valence-electron chi connectivity index (χ3n) is 3.89. The van der Waals surface area contributed by atoms with E-state index in [0.29, 0.717) is 6.42 Å². The number of phenols is 1. The molecule has 0 unspecified atom stereocenters. The van der Waals surface area contributed by atoms with Gasteiger partial charge in [-0.2, -0.15) is 0 Å². The summed E-state index contributed by atoms with van der Waals surface area (Å²) < 4.78 is 0. The van der Waals surface area contributed by atoms with Gasteiger partial charge in [-0.15, -0.1) is 0 Å². The summed E-state index contributed by atoms with van der Waals surface area (Å²) in [5.74, 6) is 1.20. The monoisotopic (exact) mass is 261 g/mol. The molecule has 1 aliphatic carbocycles. The molecule has 0 atom stereocenters. The lowest BCUT2D eigenvalue weighted by Crippen LogP contribution is -2.26. The number of phenolic OH excluding ortho intramolecular Hbond substituents is 1. The summed E-state index contributed by atoms with van der Waals surface area (Å²) in [4.78, 5) is 11.7. The van der Waals surface area contributed by atoms with Crippen molar-refractivity contribution < 1.29 is 9.90 Å². The molecule has 3 nitrogen and oxygen atoms in total. The predicted octanol–water partition coefficient (Wildman–Crippen LogP) is 3.02. The lowest BCUT2D eigenvalue weighted by atomic mass is 10.0. The molecule has 1 aromatic carbocycles. The lowest BCUT2D eigenvalue weighted by molar-refractivity contribution is -0.120. The van der Waals surface area contributed by atoms with Gasteiger partial charge in [-0.25, -0.2) is 0 Å². The molecule has 19 heavy (non-hydrogen) atoms. The SMILES string of the molecule is O=C(Cc1ccc(O)cc1)NCCCC1CCCC1. The first-order chi connectivity index (χ1) is 9.24. The van der Waals surface area contributed by atoms with Gasteiger partial charge in [0, 0.05) is 6.54 Å². The second-order valence-electron chi connectivity index (χ2n) is 5.49. The summed E-state index contributed by atoms with van der Waals surface area (Å²) in [7, 11) is 0. The van der Waals surface area contributed by atoms with Crippen molar-refractivity contribution >= 4 is 5.91 Å². The van der Waals surface area contributed by atoms with E-state index in [1.54, 1.807) is 24.3 Å². The van der Waals surface area contributed by atoms with E-state index in [2.05, 4.69) is 5.32 Å². The summed E-state index contributed by atoms with van der Waals surface area (Å²) in [5.41, 5.74) is 0.936. The lowest BCUT2D eigenvalue weighted by Gasteiger charge is -2.09. The fraction of sp³-hybridized carbons (Fsp3) is 0.562. The number of hydrogen-bond donors (Lipinski definition) is 2. The molecule has 1 amide bonds. The van der Waals surface area contributed by atoms with Crippen LogP contribution in [0.1, 0.15) is 44.1 Å². The van der Waals surface area contributed by atoms with Crippen LogP contribution >= 0.6 is 0 Å². The van der Waals surface area contributed by atoms with Crippen molar-refractivity contribution in [3.8, 4) is 5.75 Å². The number of hydrogen-bond acceptors (Lipinski definition) is 2. The number of amides is 1. The van der Waals surface area contributed by atoms with Crippen LogP contribution in [0.25, 0.3) is 0 Å². The van der Waals surface area contributed by atoms with E-state index in [1.165, 1.54) is 32.1 Å². The second-order valence-corrected chi connectivity index (χ2v) is 5.49. The van der Waals surface area contributed by atoms with Gasteiger partial charge in [-0.05, 0) is 36.5 Å². The summed E-state index contributed by atoms with van der Waals surface area (Å²) in [6.45, 7) is 0.785. The van der Waals surface area contributed by atoms with Gasteiger partial charge in [0.1, 0.15) is 5.75 Å². The molecule has 0 aliphatic heterocycles. The quantitative estimate of drug-likeness (QED) is 0.773. The third-order valence-corrected chi connectivity index (χ3v) is 3.89. The minimum absolute atomic E-state index is 0.0668. The predicted molar refractivity (Wildman–Crippen MR) is 76.0 cm³/mol. The first-order valence-corrected chi connectivity index (χ1v) is 7.28. The zero-order valence-electron chi connectivity index (χ0n) is 11.4. The first kappa shape index (κ1) is 13.9. The molecule has 0 aromatic heterocycles. The van der Waals surface area contributed by atoms with Crippen molar-refractivity contribution in [3.63, 3.8) is 0 Å². The van der Waals surface area contributed by atoms with Crippen LogP contribution in [0.5, 0.6) is 5.75 Å². The minimum atomic E-state index is 0.0668. The Hall–Kier alpha value is -1.51. The molecule has 0 radical (unpaired) electrons. The Morgan fingerprint density at radius 1 is 1.21 bits per heavy atom. The Bertz CT molecular complexity index is 394. The van der Waals surface area contributed by atoms with E-state index < -0.39 is 0 Å². The van der Waals surface area contributed by atoms with Crippen molar-refractivity contribution in [3.05, 3.63) is 29.8 Å². The van der Waals surface area contributed by atoms with Crippen molar-refractivity contribution in [2.45, 2.75) is 44.9 Å². The molecule has 0 spiro atoms. The van der Waals surface area contributed by atoms with Crippen molar-refractivity contribution in [2.75, 3.05) is 6.54 Å². The first-order valence-electron chi connectivity index (χ1n) is 7.28. The van der Waals surface area contributed by atoms with Crippen LogP contribution < -0.4 is 5.32 Å². The summed E-state index contributed by atoms with van der Waals surface area (Å²) in [6.07, 6.45) is 8.26. The molecule has 0 saturated heterocycles. The molecule has 1 aliphatic rings.